The number of piperidine rings is 1. The van der Waals surface area contributed by atoms with Gasteiger partial charge in [-0.1, -0.05) is 31.5 Å². The van der Waals surface area contributed by atoms with Gasteiger partial charge < -0.3 is 25.0 Å². The summed E-state index contributed by atoms with van der Waals surface area (Å²) in [6.45, 7) is 14.7. The lowest BCUT2D eigenvalue weighted by Crippen LogP contribution is -2.52. The molecule has 1 atom stereocenters. The van der Waals surface area contributed by atoms with Crippen LogP contribution < -0.4 is 20.3 Å². The molecule has 1 aromatic rings. The molecule has 3 fully saturated rings. The third kappa shape index (κ3) is 7.16. The van der Waals surface area contributed by atoms with Crippen LogP contribution in [0.2, 0.25) is 0 Å². The van der Waals surface area contributed by atoms with Gasteiger partial charge in [-0.3, -0.25) is 9.89 Å². The lowest BCUT2D eigenvalue weighted by atomic mass is 9.89. The van der Waals surface area contributed by atoms with Gasteiger partial charge in [0.25, 0.3) is 0 Å². The number of halogens is 1. The van der Waals surface area contributed by atoms with E-state index in [0.717, 1.165) is 106 Å². The number of allylic oxidation sites excluding steroid dienone is 3. The zero-order valence-corrected chi connectivity index (χ0v) is 26.0. The molecule has 4 aliphatic heterocycles. The molecule has 3 saturated heterocycles. The van der Waals surface area contributed by atoms with Gasteiger partial charge >= 0.3 is 0 Å². The van der Waals surface area contributed by atoms with Gasteiger partial charge in [0.1, 0.15) is 5.75 Å². The van der Waals surface area contributed by atoms with Gasteiger partial charge in [-0.15, -0.1) is 0 Å². The molecule has 9 heteroatoms. The molecule has 0 bridgehead atoms. The van der Waals surface area contributed by atoms with Crippen molar-refractivity contribution >= 4 is 33.7 Å². The SMILES string of the molecule is CCC(/N=C1/C(Cl)=NC=C(c2ccc(N3CCC(N4CCNCC4)CC3)c(OC)c2)C1C)=C(/C)NC1CCOCC1. The summed E-state index contributed by atoms with van der Waals surface area (Å²) in [6, 6.07) is 7.67. The van der Waals surface area contributed by atoms with E-state index in [-0.39, 0.29) is 5.92 Å². The van der Waals surface area contributed by atoms with Gasteiger partial charge in [-0.05, 0) is 62.3 Å². The number of ether oxygens (including phenoxy) is 2. The van der Waals surface area contributed by atoms with Crippen LogP contribution in [0.4, 0.5) is 5.69 Å². The van der Waals surface area contributed by atoms with E-state index < -0.39 is 0 Å². The third-order valence-electron chi connectivity index (χ3n) is 9.06. The summed E-state index contributed by atoms with van der Waals surface area (Å²) in [5, 5.41) is 7.61. The number of nitrogens with zero attached hydrogens (tertiary/aromatic N) is 4. The van der Waals surface area contributed by atoms with Gasteiger partial charge in [0.2, 0.25) is 0 Å². The lowest BCUT2D eigenvalue weighted by molar-refractivity contribution is 0.0803. The number of anilines is 1. The Hall–Kier alpha value is -2.39. The Balaban J connectivity index is 1.31. The maximum absolute atomic E-state index is 6.66. The average molecular weight is 583 g/mol. The smallest absolute Gasteiger partial charge is 0.151 e. The van der Waals surface area contributed by atoms with Gasteiger partial charge in [-0.2, -0.15) is 0 Å². The second-order valence-corrected chi connectivity index (χ2v) is 11.9. The van der Waals surface area contributed by atoms with E-state index in [2.05, 4.69) is 64.4 Å². The Kier molecular flexibility index (Phi) is 10.4. The number of methoxy groups -OCH3 is 1. The number of benzene rings is 1. The quantitative estimate of drug-likeness (QED) is 0.447. The zero-order valence-electron chi connectivity index (χ0n) is 25.2. The van der Waals surface area contributed by atoms with E-state index in [9.17, 15) is 0 Å². The van der Waals surface area contributed by atoms with Crippen molar-refractivity contribution in [2.24, 2.45) is 15.9 Å². The molecule has 224 valence electrons. The molecule has 8 nitrogen and oxygen atoms in total. The number of rotatable bonds is 8. The molecule has 1 aromatic carbocycles. The van der Waals surface area contributed by atoms with Crippen molar-refractivity contribution in [1.29, 1.82) is 0 Å². The van der Waals surface area contributed by atoms with E-state index in [1.807, 2.05) is 6.20 Å². The van der Waals surface area contributed by atoms with Crippen LogP contribution in [0, 0.1) is 5.92 Å². The number of hydrogen-bond donors (Lipinski definition) is 2. The molecule has 4 aliphatic rings. The van der Waals surface area contributed by atoms with Crippen molar-refractivity contribution < 1.29 is 9.47 Å². The Bertz CT molecular complexity index is 1170. The van der Waals surface area contributed by atoms with Gasteiger partial charge in [0.15, 0.2) is 5.17 Å². The van der Waals surface area contributed by atoms with Crippen LogP contribution in [0.25, 0.3) is 5.57 Å². The monoisotopic (exact) mass is 582 g/mol. The molecule has 0 aliphatic carbocycles. The first kappa shape index (κ1) is 30.1. The fourth-order valence-corrected chi connectivity index (χ4v) is 6.79. The third-order valence-corrected chi connectivity index (χ3v) is 9.35. The summed E-state index contributed by atoms with van der Waals surface area (Å²) < 4.78 is 11.5. The number of aliphatic imine (C=N–C) groups is 2. The zero-order chi connectivity index (χ0) is 28.8. The van der Waals surface area contributed by atoms with Crippen molar-refractivity contribution in [2.45, 2.75) is 65.0 Å². The Morgan fingerprint density at radius 3 is 2.56 bits per heavy atom. The molecule has 0 saturated carbocycles. The molecular formula is C32H47ClN6O2. The minimum Gasteiger partial charge on any atom is -0.495 e. The summed E-state index contributed by atoms with van der Waals surface area (Å²) in [6.07, 6.45) is 7.12. The summed E-state index contributed by atoms with van der Waals surface area (Å²) in [5.41, 5.74) is 6.29. The summed E-state index contributed by atoms with van der Waals surface area (Å²) in [5.74, 6) is 0.906. The fourth-order valence-electron chi connectivity index (χ4n) is 6.54. The molecule has 0 radical (unpaired) electrons. The van der Waals surface area contributed by atoms with Gasteiger partial charge in [-0.25, -0.2) is 4.99 Å². The Morgan fingerprint density at radius 2 is 1.88 bits per heavy atom. The first-order chi connectivity index (χ1) is 20.0. The van der Waals surface area contributed by atoms with Crippen LogP contribution in [0.15, 0.2) is 45.8 Å². The van der Waals surface area contributed by atoms with Crippen LogP contribution in [0.5, 0.6) is 5.75 Å². The molecule has 2 N–H and O–H groups in total. The van der Waals surface area contributed by atoms with Crippen LogP contribution in [-0.2, 0) is 4.74 Å². The molecule has 1 unspecified atom stereocenters. The van der Waals surface area contributed by atoms with Crippen molar-refractivity contribution in [3.63, 3.8) is 0 Å². The topological polar surface area (TPSA) is 73.7 Å². The van der Waals surface area contributed by atoms with E-state index in [1.54, 1.807) is 7.11 Å². The molecule has 41 heavy (non-hydrogen) atoms. The number of nitrogens with one attached hydrogen (secondary N) is 2. The highest BCUT2D eigenvalue weighted by atomic mass is 35.5. The first-order valence-corrected chi connectivity index (χ1v) is 15.8. The lowest BCUT2D eigenvalue weighted by Gasteiger charge is -2.41. The highest BCUT2D eigenvalue weighted by Gasteiger charge is 2.29. The summed E-state index contributed by atoms with van der Waals surface area (Å²) >= 11 is 6.66. The van der Waals surface area contributed by atoms with Crippen molar-refractivity contribution in [2.75, 3.05) is 64.5 Å². The van der Waals surface area contributed by atoms with E-state index >= 15 is 0 Å². The standard InChI is InChI=1S/C32H47ClN6O2/c1-5-28(23(3)36-25-10-18-41-19-11-25)37-31-22(2)27(21-35-32(31)33)24-6-7-29(30(20-24)40-4)39-14-8-26(9-15-39)38-16-12-34-13-17-38/h6-7,20-22,25-26,34,36H,5,8-19H2,1-4H3/b28-23+,37-31+. The maximum atomic E-state index is 6.66. The van der Waals surface area contributed by atoms with Crippen LogP contribution >= 0.6 is 11.6 Å². The van der Waals surface area contributed by atoms with E-state index in [1.165, 1.54) is 18.5 Å². The second kappa shape index (κ2) is 14.2. The van der Waals surface area contributed by atoms with Gasteiger partial charge in [0, 0.05) is 82.4 Å². The first-order valence-electron chi connectivity index (χ1n) is 15.4. The van der Waals surface area contributed by atoms with Crippen molar-refractivity contribution in [3.8, 4) is 5.75 Å². The Morgan fingerprint density at radius 1 is 1.15 bits per heavy atom. The molecular weight excluding hydrogens is 536 g/mol. The average Bonchev–Trinajstić information content (AvgIpc) is 3.02. The highest BCUT2D eigenvalue weighted by molar-refractivity contribution is 6.84. The number of piperazine rings is 1. The van der Waals surface area contributed by atoms with Crippen LogP contribution in [0.1, 0.15) is 58.4 Å². The van der Waals surface area contributed by atoms with Crippen LogP contribution in [0.3, 0.4) is 0 Å². The van der Waals surface area contributed by atoms with Gasteiger partial charge in [0.05, 0.1) is 24.2 Å². The summed E-state index contributed by atoms with van der Waals surface area (Å²) in [4.78, 5) is 14.8. The molecule has 0 amide bonds. The molecule has 4 heterocycles. The minimum atomic E-state index is 0.00256. The number of hydrogen-bond acceptors (Lipinski definition) is 8. The largest absolute Gasteiger partial charge is 0.495 e. The Labute approximate surface area is 250 Å². The molecule has 0 spiro atoms. The fraction of sp³-hybridized carbons (Fsp3) is 0.625. The minimum absolute atomic E-state index is 0.00256. The summed E-state index contributed by atoms with van der Waals surface area (Å²) in [7, 11) is 1.77. The van der Waals surface area contributed by atoms with Crippen molar-refractivity contribution in [1.82, 2.24) is 15.5 Å². The second-order valence-electron chi connectivity index (χ2n) is 11.6. The van der Waals surface area contributed by atoms with E-state index in [4.69, 9.17) is 26.1 Å². The predicted octanol–water partition coefficient (Wildman–Crippen LogP) is 5.05. The van der Waals surface area contributed by atoms with Crippen molar-refractivity contribution in [3.05, 3.63) is 41.4 Å². The van der Waals surface area contributed by atoms with E-state index in [0.29, 0.717) is 17.3 Å². The normalized spacial score (nSPS) is 25.0. The van der Waals surface area contributed by atoms with Crippen LogP contribution in [-0.4, -0.2) is 87.5 Å². The highest BCUT2D eigenvalue weighted by Crippen LogP contribution is 2.37. The molecule has 5 rings (SSSR count). The maximum Gasteiger partial charge on any atom is 0.151 e. The molecule has 0 aromatic heterocycles. The predicted molar refractivity (Wildman–Crippen MR) is 171 cm³/mol.